The summed E-state index contributed by atoms with van der Waals surface area (Å²) < 4.78 is 5.73. The summed E-state index contributed by atoms with van der Waals surface area (Å²) in [5.74, 6) is 0.0666. The van der Waals surface area contributed by atoms with Crippen LogP contribution >= 0.6 is 11.6 Å². The van der Waals surface area contributed by atoms with E-state index in [1.165, 1.54) is 0 Å². The van der Waals surface area contributed by atoms with Crippen LogP contribution in [0.4, 0.5) is 0 Å². The van der Waals surface area contributed by atoms with Crippen molar-refractivity contribution in [1.82, 2.24) is 9.88 Å². The number of carbonyl (C=O) groups is 1. The predicted octanol–water partition coefficient (Wildman–Crippen LogP) is 3.59. The lowest BCUT2D eigenvalue weighted by Crippen LogP contribution is -2.53. The van der Waals surface area contributed by atoms with E-state index in [1.807, 2.05) is 36.1 Å². The molecule has 1 spiro atoms. The van der Waals surface area contributed by atoms with E-state index in [4.69, 9.17) is 16.3 Å². The Labute approximate surface area is 140 Å². The maximum absolute atomic E-state index is 13.0. The predicted molar refractivity (Wildman–Crippen MR) is 89.9 cm³/mol. The van der Waals surface area contributed by atoms with Gasteiger partial charge in [0, 0.05) is 29.2 Å². The first-order chi connectivity index (χ1) is 11.1. The van der Waals surface area contributed by atoms with Crippen LogP contribution in [0.1, 0.15) is 35.3 Å². The van der Waals surface area contributed by atoms with Crippen LogP contribution in [-0.4, -0.2) is 41.1 Å². The average molecular weight is 331 g/mol. The van der Waals surface area contributed by atoms with Gasteiger partial charge in [-0.1, -0.05) is 11.6 Å². The fourth-order valence-electron chi connectivity index (χ4n) is 3.58. The molecule has 1 amide bonds. The highest BCUT2D eigenvalue weighted by Gasteiger charge is 2.42. The average Bonchev–Trinajstić information content (AvgIpc) is 2.52. The smallest absolute Gasteiger partial charge is 0.254 e. The Morgan fingerprint density at radius 2 is 2.00 bits per heavy atom. The van der Waals surface area contributed by atoms with E-state index in [-0.39, 0.29) is 11.5 Å². The lowest BCUT2D eigenvalue weighted by atomic mass is 9.84. The normalized spacial score (nSPS) is 19.8. The lowest BCUT2D eigenvalue weighted by molar-refractivity contribution is -0.169. The highest BCUT2D eigenvalue weighted by atomic mass is 35.5. The zero-order chi connectivity index (χ0) is 16.0. The van der Waals surface area contributed by atoms with E-state index in [0.717, 1.165) is 55.6 Å². The van der Waals surface area contributed by atoms with Crippen LogP contribution in [0.2, 0.25) is 5.02 Å². The van der Waals surface area contributed by atoms with E-state index in [2.05, 4.69) is 4.98 Å². The Kier molecular flexibility index (Phi) is 3.54. The summed E-state index contributed by atoms with van der Waals surface area (Å²) in [5, 5.41) is 1.45. The number of benzene rings is 1. The first kappa shape index (κ1) is 14.9. The standard InChI is InChI=1S/C18H19ClN2O2/c1-12-10-15(14-11-13(19)2-3-16(14)20-12)17(22)21-7-4-18(5-8-21)6-9-23-18/h2-3,10-11H,4-9H2,1H3. The number of likely N-dealkylation sites (tertiary alicyclic amines) is 1. The summed E-state index contributed by atoms with van der Waals surface area (Å²) >= 11 is 6.12. The molecule has 0 atom stereocenters. The van der Waals surface area contributed by atoms with E-state index in [1.54, 1.807) is 0 Å². The molecule has 120 valence electrons. The number of halogens is 1. The quantitative estimate of drug-likeness (QED) is 0.802. The monoisotopic (exact) mass is 330 g/mol. The number of amides is 1. The van der Waals surface area contributed by atoms with Crippen molar-refractivity contribution in [1.29, 1.82) is 0 Å². The zero-order valence-corrected chi connectivity index (χ0v) is 13.9. The number of hydrogen-bond acceptors (Lipinski definition) is 3. The third-order valence-corrected chi connectivity index (χ3v) is 5.29. The number of fused-ring (bicyclic) bond motifs is 1. The third-order valence-electron chi connectivity index (χ3n) is 5.06. The van der Waals surface area contributed by atoms with Crippen molar-refractivity contribution >= 4 is 28.4 Å². The molecule has 2 saturated heterocycles. The van der Waals surface area contributed by atoms with E-state index in [9.17, 15) is 4.79 Å². The first-order valence-electron chi connectivity index (χ1n) is 8.07. The molecule has 0 saturated carbocycles. The zero-order valence-electron chi connectivity index (χ0n) is 13.1. The number of hydrogen-bond donors (Lipinski definition) is 0. The molecule has 2 aromatic rings. The lowest BCUT2D eigenvalue weighted by Gasteiger charge is -2.47. The number of aryl methyl sites for hydroxylation is 1. The molecule has 0 radical (unpaired) electrons. The molecule has 0 N–H and O–H groups in total. The number of pyridine rings is 1. The molecule has 5 heteroatoms. The van der Waals surface area contributed by atoms with Crippen LogP contribution in [0.3, 0.4) is 0 Å². The van der Waals surface area contributed by atoms with Crippen LogP contribution in [0, 0.1) is 6.92 Å². The minimum Gasteiger partial charge on any atom is -0.375 e. The molecule has 2 aliphatic rings. The van der Waals surface area contributed by atoms with E-state index < -0.39 is 0 Å². The molecule has 0 aliphatic carbocycles. The molecule has 0 bridgehead atoms. The Balaban J connectivity index is 1.65. The topological polar surface area (TPSA) is 42.4 Å². The second kappa shape index (κ2) is 5.46. The summed E-state index contributed by atoms with van der Waals surface area (Å²) in [5.41, 5.74) is 2.41. The number of piperidine rings is 1. The third kappa shape index (κ3) is 2.60. The van der Waals surface area contributed by atoms with Gasteiger partial charge in [-0.15, -0.1) is 0 Å². The van der Waals surface area contributed by atoms with Gasteiger partial charge >= 0.3 is 0 Å². The molecule has 2 aliphatic heterocycles. The van der Waals surface area contributed by atoms with Crippen LogP contribution < -0.4 is 0 Å². The van der Waals surface area contributed by atoms with Crippen molar-refractivity contribution in [3.05, 3.63) is 40.5 Å². The Morgan fingerprint density at radius 1 is 1.26 bits per heavy atom. The second-order valence-electron chi connectivity index (χ2n) is 6.55. The summed E-state index contributed by atoms with van der Waals surface area (Å²) in [4.78, 5) is 19.4. The van der Waals surface area contributed by atoms with Crippen molar-refractivity contribution in [2.75, 3.05) is 19.7 Å². The largest absolute Gasteiger partial charge is 0.375 e. The van der Waals surface area contributed by atoms with Crippen molar-refractivity contribution in [3.8, 4) is 0 Å². The SMILES string of the molecule is Cc1cc(C(=O)N2CCC3(CCO3)CC2)c2cc(Cl)ccc2n1. The first-order valence-corrected chi connectivity index (χ1v) is 8.44. The van der Waals surface area contributed by atoms with Crippen LogP contribution in [0.5, 0.6) is 0 Å². The van der Waals surface area contributed by atoms with E-state index in [0.29, 0.717) is 10.6 Å². The minimum absolute atomic E-state index is 0.0519. The number of ether oxygens (including phenoxy) is 1. The van der Waals surface area contributed by atoms with Gasteiger partial charge in [-0.25, -0.2) is 0 Å². The van der Waals surface area contributed by atoms with Gasteiger partial charge in [0.05, 0.1) is 23.3 Å². The number of carbonyl (C=O) groups excluding carboxylic acids is 1. The molecule has 4 nitrogen and oxygen atoms in total. The molecular weight excluding hydrogens is 312 g/mol. The van der Waals surface area contributed by atoms with Gasteiger partial charge in [0.2, 0.25) is 0 Å². The Hall–Kier alpha value is -1.65. The molecule has 23 heavy (non-hydrogen) atoms. The van der Waals surface area contributed by atoms with Gasteiger partial charge in [0.25, 0.3) is 5.91 Å². The van der Waals surface area contributed by atoms with Crippen LogP contribution in [-0.2, 0) is 4.74 Å². The van der Waals surface area contributed by atoms with Crippen molar-refractivity contribution in [2.24, 2.45) is 0 Å². The fourth-order valence-corrected chi connectivity index (χ4v) is 3.75. The summed E-state index contributed by atoms with van der Waals surface area (Å²) in [7, 11) is 0. The van der Waals surface area contributed by atoms with Crippen molar-refractivity contribution in [2.45, 2.75) is 31.8 Å². The molecule has 1 aromatic heterocycles. The van der Waals surface area contributed by atoms with Gasteiger partial charge in [0.1, 0.15) is 0 Å². The molecule has 3 heterocycles. The number of nitrogens with zero attached hydrogens (tertiary/aromatic N) is 2. The minimum atomic E-state index is 0.0519. The number of rotatable bonds is 1. The van der Waals surface area contributed by atoms with Gasteiger partial charge in [-0.05, 0) is 50.5 Å². The van der Waals surface area contributed by atoms with Gasteiger partial charge in [0.15, 0.2) is 0 Å². The second-order valence-corrected chi connectivity index (χ2v) is 6.98. The summed E-state index contributed by atoms with van der Waals surface area (Å²) in [6.45, 7) is 4.28. The van der Waals surface area contributed by atoms with E-state index >= 15 is 0 Å². The molecule has 0 unspecified atom stereocenters. The summed E-state index contributed by atoms with van der Waals surface area (Å²) in [6.07, 6.45) is 2.99. The van der Waals surface area contributed by atoms with Crippen LogP contribution in [0.25, 0.3) is 10.9 Å². The molecule has 2 fully saturated rings. The highest BCUT2D eigenvalue weighted by molar-refractivity contribution is 6.31. The number of aromatic nitrogens is 1. The van der Waals surface area contributed by atoms with Gasteiger partial charge in [-0.3, -0.25) is 9.78 Å². The summed E-state index contributed by atoms with van der Waals surface area (Å²) in [6, 6.07) is 7.38. The van der Waals surface area contributed by atoms with Crippen LogP contribution in [0.15, 0.2) is 24.3 Å². The van der Waals surface area contributed by atoms with Gasteiger partial charge < -0.3 is 9.64 Å². The fraction of sp³-hybridized carbons (Fsp3) is 0.444. The molecule has 4 rings (SSSR count). The molecule has 1 aromatic carbocycles. The van der Waals surface area contributed by atoms with Gasteiger partial charge in [-0.2, -0.15) is 0 Å². The van der Waals surface area contributed by atoms with Crippen molar-refractivity contribution in [3.63, 3.8) is 0 Å². The Bertz CT molecular complexity index is 776. The maximum Gasteiger partial charge on any atom is 0.254 e. The maximum atomic E-state index is 13.0. The Morgan fingerprint density at radius 3 is 2.65 bits per heavy atom. The highest BCUT2D eigenvalue weighted by Crippen LogP contribution is 2.37. The van der Waals surface area contributed by atoms with Crippen molar-refractivity contribution < 1.29 is 9.53 Å². The molecular formula is C18H19ClN2O2.